The topological polar surface area (TPSA) is 26.3 Å². The lowest BCUT2D eigenvalue weighted by atomic mass is 10.3. The number of ether oxygens (including phenoxy) is 1. The van der Waals surface area contributed by atoms with E-state index in [4.69, 9.17) is 23.2 Å². The van der Waals surface area contributed by atoms with Gasteiger partial charge in [-0.15, -0.1) is 11.6 Å². The van der Waals surface area contributed by atoms with E-state index in [0.717, 1.165) is 0 Å². The van der Waals surface area contributed by atoms with E-state index in [0.29, 0.717) is 5.57 Å². The summed E-state index contributed by atoms with van der Waals surface area (Å²) in [6, 6.07) is 0. The Bertz CT molecular complexity index is 185. The first-order chi connectivity index (χ1) is 5.24. The Labute approximate surface area is 75.4 Å². The summed E-state index contributed by atoms with van der Waals surface area (Å²) in [5.74, 6) is -0.200. The first kappa shape index (κ1) is 10.5. The van der Waals surface area contributed by atoms with Crippen molar-refractivity contribution >= 4 is 29.2 Å². The van der Waals surface area contributed by atoms with Gasteiger partial charge in [-0.2, -0.15) is 0 Å². The third kappa shape index (κ3) is 4.87. The van der Waals surface area contributed by atoms with Crippen molar-refractivity contribution < 1.29 is 9.53 Å². The van der Waals surface area contributed by atoms with Crippen molar-refractivity contribution in [3.8, 4) is 0 Å². The average molecular weight is 195 g/mol. The molecule has 0 saturated heterocycles. The van der Waals surface area contributed by atoms with Gasteiger partial charge in [-0.3, -0.25) is 0 Å². The first-order valence-corrected chi connectivity index (χ1v) is 3.83. The fourth-order valence-corrected chi connectivity index (χ4v) is 0.751. The highest BCUT2D eigenvalue weighted by Crippen LogP contribution is 2.01. The van der Waals surface area contributed by atoms with Crippen LogP contribution >= 0.6 is 23.2 Å². The molecule has 0 fully saturated rings. The van der Waals surface area contributed by atoms with Gasteiger partial charge in [0.1, 0.15) is 0 Å². The number of carbonyl (C=O) groups excluding carboxylic acids is 1. The Morgan fingerprint density at radius 1 is 1.64 bits per heavy atom. The van der Waals surface area contributed by atoms with Gasteiger partial charge in [-0.1, -0.05) is 11.6 Å². The molecule has 0 unspecified atom stereocenters. The summed E-state index contributed by atoms with van der Waals surface area (Å²) in [6.07, 6.45) is 2.82. The maximum absolute atomic E-state index is 10.6. The third-order valence-electron chi connectivity index (χ3n) is 0.936. The molecule has 0 amide bonds. The number of hydrogen-bond donors (Lipinski definition) is 0. The highest BCUT2D eigenvalue weighted by atomic mass is 35.5. The predicted octanol–water partition coefficient (Wildman–Crippen LogP) is 2.08. The molecule has 0 N–H and O–H groups in total. The Hall–Kier alpha value is -0.470. The van der Waals surface area contributed by atoms with Crippen LogP contribution < -0.4 is 0 Å². The lowest BCUT2D eigenvalue weighted by Crippen LogP contribution is -1.96. The van der Waals surface area contributed by atoms with Gasteiger partial charge >= 0.3 is 5.97 Å². The maximum Gasteiger partial charge on any atom is 0.330 e. The average Bonchev–Trinajstić information content (AvgIpc) is 2.03. The summed E-state index contributed by atoms with van der Waals surface area (Å²) in [4.78, 5) is 10.6. The van der Waals surface area contributed by atoms with Crippen molar-refractivity contribution in [2.45, 2.75) is 0 Å². The lowest BCUT2D eigenvalue weighted by molar-refractivity contribution is -0.134. The minimum Gasteiger partial charge on any atom is -0.466 e. The summed E-state index contributed by atoms with van der Waals surface area (Å²) in [7, 11) is 1.30. The Morgan fingerprint density at radius 2 is 2.27 bits per heavy atom. The smallest absolute Gasteiger partial charge is 0.330 e. The highest BCUT2D eigenvalue weighted by molar-refractivity contribution is 6.26. The largest absolute Gasteiger partial charge is 0.466 e. The molecule has 0 radical (unpaired) electrons. The van der Waals surface area contributed by atoms with Crippen LogP contribution in [0.5, 0.6) is 0 Å². The van der Waals surface area contributed by atoms with Gasteiger partial charge in [-0.25, -0.2) is 4.79 Å². The first-order valence-electron chi connectivity index (χ1n) is 2.85. The molecule has 0 aromatic heterocycles. The van der Waals surface area contributed by atoms with E-state index in [1.807, 2.05) is 0 Å². The summed E-state index contributed by atoms with van der Waals surface area (Å²) in [5, 5.41) is 0. The second kappa shape index (κ2) is 6.25. The fraction of sp³-hybridized carbons (Fsp3) is 0.286. The molecule has 0 aromatic rings. The van der Waals surface area contributed by atoms with Crippen LogP contribution in [0.15, 0.2) is 23.3 Å². The van der Waals surface area contributed by atoms with Crippen LogP contribution in [0, 0.1) is 0 Å². The molecule has 4 heteroatoms. The molecule has 0 aliphatic rings. The second-order valence-electron chi connectivity index (χ2n) is 1.67. The number of esters is 1. The number of methoxy groups -OCH3 is 1. The molecule has 0 aromatic carbocycles. The van der Waals surface area contributed by atoms with Gasteiger partial charge in [0, 0.05) is 17.5 Å². The summed E-state index contributed by atoms with van der Waals surface area (Å²) < 4.78 is 4.38. The standard InChI is InChI=1S/C7H8Cl2O2/c1-11-7(10)4-6(5-9)2-3-8/h2-4H,5H2,1H3/b3-2+,6-4+. The maximum atomic E-state index is 10.6. The van der Waals surface area contributed by atoms with Gasteiger partial charge in [0.05, 0.1) is 7.11 Å². The molecular weight excluding hydrogens is 187 g/mol. The molecular formula is C7H8Cl2O2. The summed E-state index contributed by atoms with van der Waals surface area (Å²) in [5.41, 5.74) is 1.91. The van der Waals surface area contributed by atoms with Crippen molar-refractivity contribution in [3.63, 3.8) is 0 Å². The highest BCUT2D eigenvalue weighted by Gasteiger charge is 1.95. The molecule has 11 heavy (non-hydrogen) atoms. The van der Waals surface area contributed by atoms with Gasteiger partial charge in [-0.05, 0) is 11.6 Å². The van der Waals surface area contributed by atoms with Crippen molar-refractivity contribution in [3.05, 3.63) is 23.3 Å². The van der Waals surface area contributed by atoms with Crippen molar-refractivity contribution in [2.75, 3.05) is 13.0 Å². The van der Waals surface area contributed by atoms with E-state index in [1.54, 1.807) is 0 Å². The molecule has 0 bridgehead atoms. The van der Waals surface area contributed by atoms with Crippen molar-refractivity contribution in [1.29, 1.82) is 0 Å². The van der Waals surface area contributed by atoms with Crippen molar-refractivity contribution in [2.24, 2.45) is 0 Å². The second-order valence-corrected chi connectivity index (χ2v) is 2.19. The number of alkyl halides is 1. The number of halogens is 2. The van der Waals surface area contributed by atoms with E-state index < -0.39 is 5.97 Å². The zero-order valence-electron chi connectivity index (χ0n) is 6.01. The minimum atomic E-state index is -0.435. The molecule has 0 aliphatic carbocycles. The fourth-order valence-electron chi connectivity index (χ4n) is 0.422. The summed E-state index contributed by atoms with van der Waals surface area (Å²) >= 11 is 10.7. The number of allylic oxidation sites excluding steroid dienone is 2. The Kier molecular flexibility index (Phi) is 5.99. The number of rotatable bonds is 3. The van der Waals surface area contributed by atoms with Crippen LogP contribution in [-0.2, 0) is 9.53 Å². The lowest BCUT2D eigenvalue weighted by Gasteiger charge is -1.93. The van der Waals surface area contributed by atoms with Crippen LogP contribution in [-0.4, -0.2) is 19.0 Å². The summed E-state index contributed by atoms with van der Waals surface area (Å²) in [6.45, 7) is 0. The van der Waals surface area contributed by atoms with E-state index in [1.165, 1.54) is 24.8 Å². The molecule has 0 spiro atoms. The third-order valence-corrected chi connectivity index (χ3v) is 1.37. The number of hydrogen-bond acceptors (Lipinski definition) is 2. The monoisotopic (exact) mass is 194 g/mol. The molecule has 62 valence electrons. The van der Waals surface area contributed by atoms with Crippen LogP contribution in [0.2, 0.25) is 0 Å². The van der Waals surface area contributed by atoms with E-state index in [2.05, 4.69) is 4.74 Å². The van der Waals surface area contributed by atoms with E-state index in [9.17, 15) is 4.79 Å². The SMILES string of the molecule is COC(=O)/C=C(\C=C\Cl)CCl. The Morgan fingerprint density at radius 3 is 2.64 bits per heavy atom. The molecule has 0 saturated carbocycles. The van der Waals surface area contributed by atoms with Gasteiger partial charge in [0.2, 0.25) is 0 Å². The molecule has 0 rings (SSSR count). The zero-order chi connectivity index (χ0) is 8.69. The molecule has 2 nitrogen and oxygen atoms in total. The zero-order valence-corrected chi connectivity index (χ0v) is 7.52. The van der Waals surface area contributed by atoms with E-state index in [-0.39, 0.29) is 5.88 Å². The van der Waals surface area contributed by atoms with Gasteiger partial charge in [0.15, 0.2) is 0 Å². The van der Waals surface area contributed by atoms with Gasteiger partial charge in [0.25, 0.3) is 0 Å². The Balaban J connectivity index is 4.22. The van der Waals surface area contributed by atoms with Crippen LogP contribution in [0.4, 0.5) is 0 Å². The van der Waals surface area contributed by atoms with Crippen LogP contribution in [0.3, 0.4) is 0 Å². The van der Waals surface area contributed by atoms with Crippen LogP contribution in [0.1, 0.15) is 0 Å². The quantitative estimate of drug-likeness (QED) is 0.298. The molecule has 0 heterocycles. The van der Waals surface area contributed by atoms with Crippen molar-refractivity contribution in [1.82, 2.24) is 0 Å². The van der Waals surface area contributed by atoms with E-state index >= 15 is 0 Å². The normalized spacial score (nSPS) is 12.1. The number of carbonyl (C=O) groups is 1. The molecule has 0 aliphatic heterocycles. The predicted molar refractivity (Wildman–Crippen MR) is 45.8 cm³/mol. The van der Waals surface area contributed by atoms with Crippen LogP contribution in [0.25, 0.3) is 0 Å². The van der Waals surface area contributed by atoms with Gasteiger partial charge < -0.3 is 4.74 Å². The molecule has 0 atom stereocenters. The minimum absolute atomic E-state index is 0.234.